The van der Waals surface area contributed by atoms with Crippen molar-refractivity contribution in [3.8, 4) is 0 Å². The summed E-state index contributed by atoms with van der Waals surface area (Å²) in [6, 6.07) is 1.12. The van der Waals surface area contributed by atoms with Gasteiger partial charge in [0.15, 0.2) is 5.82 Å². The van der Waals surface area contributed by atoms with E-state index >= 15 is 0 Å². The Hall–Kier alpha value is -1.72. The van der Waals surface area contributed by atoms with Crippen molar-refractivity contribution in [1.29, 1.82) is 0 Å². The first kappa shape index (κ1) is 11.4. The average Bonchev–Trinajstić information content (AvgIpc) is 2.37. The molecule has 2 aliphatic heterocycles. The van der Waals surface area contributed by atoms with Gasteiger partial charge in [-0.2, -0.15) is 13.2 Å². The first-order valence-corrected chi connectivity index (χ1v) is 5.86. The van der Waals surface area contributed by atoms with Crippen LogP contribution in [0, 0.1) is 0 Å². The molecule has 1 N–H and O–H groups in total. The van der Waals surface area contributed by atoms with Crippen LogP contribution in [0.3, 0.4) is 0 Å². The number of hydrogen-bond acceptors (Lipinski definition) is 3. The second-order valence-corrected chi connectivity index (χ2v) is 4.48. The second kappa shape index (κ2) is 3.90. The Bertz CT molecular complexity index is 508. The van der Waals surface area contributed by atoms with Gasteiger partial charge in [-0.25, -0.2) is 4.98 Å². The summed E-state index contributed by atoms with van der Waals surface area (Å²) in [5.74, 6) is 0.597. The van der Waals surface area contributed by atoms with Gasteiger partial charge in [-0.1, -0.05) is 0 Å². The van der Waals surface area contributed by atoms with Gasteiger partial charge < -0.3 is 10.2 Å². The zero-order valence-corrected chi connectivity index (χ0v) is 9.59. The van der Waals surface area contributed by atoms with Gasteiger partial charge in [0.1, 0.15) is 0 Å². The van der Waals surface area contributed by atoms with E-state index < -0.39 is 11.7 Å². The summed E-state index contributed by atoms with van der Waals surface area (Å²) in [5, 5.41) is 2.91. The number of fused-ring (bicyclic) bond motifs is 3. The van der Waals surface area contributed by atoms with Crippen molar-refractivity contribution in [3.05, 3.63) is 29.7 Å². The maximum absolute atomic E-state index is 12.6. The fourth-order valence-electron chi connectivity index (χ4n) is 2.34. The molecule has 1 aromatic rings. The van der Waals surface area contributed by atoms with E-state index in [0.29, 0.717) is 11.5 Å². The Morgan fingerprint density at radius 1 is 1.28 bits per heavy atom. The van der Waals surface area contributed by atoms with Crippen molar-refractivity contribution >= 4 is 11.5 Å². The number of pyridine rings is 1. The largest absolute Gasteiger partial charge is 0.417 e. The summed E-state index contributed by atoms with van der Waals surface area (Å²) < 4.78 is 37.8. The number of allylic oxidation sites excluding steroid dienone is 1. The summed E-state index contributed by atoms with van der Waals surface area (Å²) in [4.78, 5) is 5.97. The molecule has 3 nitrogen and oxygen atoms in total. The quantitative estimate of drug-likeness (QED) is 0.770. The SMILES string of the molecule is FC(F)(F)c1cnc2c(c1)NC=C1CCCCN12. The molecule has 6 heteroatoms. The molecular weight excluding hydrogens is 243 g/mol. The molecule has 0 aliphatic carbocycles. The summed E-state index contributed by atoms with van der Waals surface area (Å²) in [6.45, 7) is 0.818. The van der Waals surface area contributed by atoms with Gasteiger partial charge in [0, 0.05) is 24.6 Å². The minimum atomic E-state index is -4.35. The molecule has 0 atom stereocenters. The summed E-state index contributed by atoms with van der Waals surface area (Å²) >= 11 is 0. The van der Waals surface area contributed by atoms with Gasteiger partial charge in [0.05, 0.1) is 11.3 Å². The Kier molecular flexibility index (Phi) is 2.46. The lowest BCUT2D eigenvalue weighted by Gasteiger charge is -2.35. The Labute approximate surface area is 102 Å². The summed E-state index contributed by atoms with van der Waals surface area (Å²) in [6.07, 6.45) is 1.42. The zero-order valence-electron chi connectivity index (χ0n) is 9.59. The highest BCUT2D eigenvalue weighted by Gasteiger charge is 2.33. The lowest BCUT2D eigenvalue weighted by molar-refractivity contribution is -0.137. The van der Waals surface area contributed by atoms with Gasteiger partial charge in [-0.05, 0) is 25.3 Å². The minimum Gasteiger partial charge on any atom is -0.357 e. The standard InChI is InChI=1S/C12H12F3N3/c13-12(14,15)8-5-10-11(17-6-8)18-4-2-1-3-9(18)7-16-10/h5-7,16H,1-4H2. The van der Waals surface area contributed by atoms with Crippen LogP contribution in [0.2, 0.25) is 0 Å². The highest BCUT2D eigenvalue weighted by Crippen LogP contribution is 2.38. The molecule has 0 saturated carbocycles. The van der Waals surface area contributed by atoms with Crippen molar-refractivity contribution in [2.24, 2.45) is 0 Å². The number of nitrogens with zero attached hydrogens (tertiary/aromatic N) is 2. The number of hydrogen-bond donors (Lipinski definition) is 1. The van der Waals surface area contributed by atoms with E-state index in [1.807, 2.05) is 4.90 Å². The predicted molar refractivity (Wildman–Crippen MR) is 62.1 cm³/mol. The molecule has 96 valence electrons. The first-order chi connectivity index (χ1) is 8.55. The molecular formula is C12H12F3N3. The lowest BCUT2D eigenvalue weighted by atomic mass is 10.1. The predicted octanol–water partition coefficient (Wildman–Crippen LogP) is 3.36. The van der Waals surface area contributed by atoms with Crippen LogP contribution >= 0.6 is 0 Å². The molecule has 1 fully saturated rings. The van der Waals surface area contributed by atoms with Crippen LogP contribution in [0.4, 0.5) is 24.7 Å². The first-order valence-electron chi connectivity index (χ1n) is 5.86. The number of nitrogens with one attached hydrogen (secondary N) is 1. The molecule has 2 aliphatic rings. The van der Waals surface area contributed by atoms with Crippen molar-refractivity contribution in [1.82, 2.24) is 4.98 Å². The van der Waals surface area contributed by atoms with Gasteiger partial charge in [-0.3, -0.25) is 0 Å². The van der Waals surface area contributed by atoms with E-state index in [-0.39, 0.29) is 0 Å². The lowest BCUT2D eigenvalue weighted by Crippen LogP contribution is -2.32. The van der Waals surface area contributed by atoms with Crippen LogP contribution in [0.15, 0.2) is 24.2 Å². The third kappa shape index (κ3) is 1.81. The van der Waals surface area contributed by atoms with E-state index in [0.717, 1.165) is 43.8 Å². The molecule has 18 heavy (non-hydrogen) atoms. The van der Waals surface area contributed by atoms with Crippen molar-refractivity contribution in [3.63, 3.8) is 0 Å². The normalized spacial score (nSPS) is 18.6. The number of piperidine rings is 1. The Morgan fingerprint density at radius 2 is 2.11 bits per heavy atom. The molecule has 1 aromatic heterocycles. The number of alkyl halides is 3. The smallest absolute Gasteiger partial charge is 0.357 e. The Balaban J connectivity index is 2.00. The average molecular weight is 255 g/mol. The van der Waals surface area contributed by atoms with Crippen molar-refractivity contribution in [2.75, 3.05) is 16.8 Å². The molecule has 0 spiro atoms. The third-order valence-electron chi connectivity index (χ3n) is 3.26. The van der Waals surface area contributed by atoms with Crippen molar-refractivity contribution < 1.29 is 13.2 Å². The summed E-state index contributed by atoms with van der Waals surface area (Å²) in [7, 11) is 0. The van der Waals surface area contributed by atoms with E-state index in [2.05, 4.69) is 10.3 Å². The monoisotopic (exact) mass is 255 g/mol. The van der Waals surface area contributed by atoms with Crippen LogP contribution < -0.4 is 10.2 Å². The number of anilines is 2. The van der Waals surface area contributed by atoms with Crippen LogP contribution in [0.25, 0.3) is 0 Å². The molecule has 1 saturated heterocycles. The van der Waals surface area contributed by atoms with Gasteiger partial charge >= 0.3 is 6.18 Å². The van der Waals surface area contributed by atoms with Crippen LogP contribution in [0.5, 0.6) is 0 Å². The Morgan fingerprint density at radius 3 is 2.89 bits per heavy atom. The fraction of sp³-hybridized carbons (Fsp3) is 0.417. The fourth-order valence-corrected chi connectivity index (χ4v) is 2.34. The molecule has 0 aromatic carbocycles. The molecule has 0 bridgehead atoms. The van der Waals surface area contributed by atoms with Gasteiger partial charge in [-0.15, -0.1) is 0 Å². The van der Waals surface area contributed by atoms with Crippen LogP contribution in [-0.2, 0) is 6.18 Å². The topological polar surface area (TPSA) is 28.2 Å². The van der Waals surface area contributed by atoms with Crippen LogP contribution in [-0.4, -0.2) is 11.5 Å². The van der Waals surface area contributed by atoms with E-state index in [1.54, 1.807) is 6.20 Å². The van der Waals surface area contributed by atoms with E-state index in [9.17, 15) is 13.2 Å². The van der Waals surface area contributed by atoms with Crippen LogP contribution in [0.1, 0.15) is 24.8 Å². The molecule has 3 heterocycles. The molecule has 3 rings (SSSR count). The third-order valence-corrected chi connectivity index (χ3v) is 3.26. The number of aromatic nitrogens is 1. The van der Waals surface area contributed by atoms with E-state index in [4.69, 9.17) is 0 Å². The maximum atomic E-state index is 12.6. The molecule has 0 radical (unpaired) electrons. The second-order valence-electron chi connectivity index (χ2n) is 4.48. The number of halogens is 3. The van der Waals surface area contributed by atoms with E-state index in [1.165, 1.54) is 0 Å². The maximum Gasteiger partial charge on any atom is 0.417 e. The number of rotatable bonds is 0. The summed E-state index contributed by atoms with van der Waals surface area (Å²) in [5.41, 5.74) is 0.805. The minimum absolute atomic E-state index is 0.426. The van der Waals surface area contributed by atoms with Gasteiger partial charge in [0.25, 0.3) is 0 Å². The highest BCUT2D eigenvalue weighted by atomic mass is 19.4. The zero-order chi connectivity index (χ0) is 12.8. The van der Waals surface area contributed by atoms with Crippen molar-refractivity contribution in [2.45, 2.75) is 25.4 Å². The molecule has 0 amide bonds. The highest BCUT2D eigenvalue weighted by molar-refractivity contribution is 5.73. The molecule has 0 unspecified atom stereocenters. The van der Waals surface area contributed by atoms with Gasteiger partial charge in [0.2, 0.25) is 0 Å².